The Balaban J connectivity index is 1.86. The lowest BCUT2D eigenvalue weighted by Crippen LogP contribution is -2.32. The molecule has 0 unspecified atom stereocenters. The molecule has 1 heterocycles. The van der Waals surface area contributed by atoms with E-state index in [1.165, 1.54) is 0 Å². The van der Waals surface area contributed by atoms with Crippen molar-refractivity contribution < 1.29 is 13.9 Å². The molecule has 0 atom stereocenters. The third-order valence-electron chi connectivity index (χ3n) is 2.79. The molecule has 0 aliphatic carbocycles. The van der Waals surface area contributed by atoms with Gasteiger partial charge in [0.05, 0.1) is 11.1 Å². The van der Waals surface area contributed by atoms with E-state index in [1.807, 2.05) is 18.2 Å². The molecule has 0 saturated heterocycles. The fraction of sp³-hybridized carbons (Fsp3) is 0.357. The van der Waals surface area contributed by atoms with Gasteiger partial charge in [-0.25, -0.2) is 0 Å². The van der Waals surface area contributed by atoms with Crippen LogP contribution in [-0.4, -0.2) is 39.3 Å². The molecule has 0 fully saturated rings. The highest BCUT2D eigenvalue weighted by Crippen LogP contribution is 2.26. The Morgan fingerprint density at radius 2 is 2.20 bits per heavy atom. The smallest absolute Gasteiger partial charge is 0.287 e. The van der Waals surface area contributed by atoms with Crippen LogP contribution in [0.4, 0.5) is 0 Å². The second-order valence-corrected chi connectivity index (χ2v) is 5.12. The zero-order chi connectivity index (χ0) is 14.4. The van der Waals surface area contributed by atoms with Gasteiger partial charge in [-0.15, -0.1) is 0 Å². The quantitative estimate of drug-likeness (QED) is 0.758. The molecule has 2 aromatic rings. The third-order valence-corrected chi connectivity index (χ3v) is 3.41. The third kappa shape index (κ3) is 3.82. The lowest BCUT2D eigenvalue weighted by molar-refractivity contribution is 0.0928. The van der Waals surface area contributed by atoms with Crippen molar-refractivity contribution in [3.05, 3.63) is 34.5 Å². The monoisotopic (exact) mass is 340 g/mol. The van der Waals surface area contributed by atoms with Crippen LogP contribution in [0.25, 0.3) is 11.0 Å². The molecular weight excluding hydrogens is 324 g/mol. The summed E-state index contributed by atoms with van der Waals surface area (Å²) in [6.07, 6.45) is 0. The summed E-state index contributed by atoms with van der Waals surface area (Å²) in [6, 6.07) is 7.44. The van der Waals surface area contributed by atoms with E-state index in [0.717, 1.165) is 16.4 Å². The number of methoxy groups -OCH3 is 1. The topological polar surface area (TPSA) is 63.5 Å². The number of benzene rings is 1. The van der Waals surface area contributed by atoms with E-state index in [0.29, 0.717) is 31.0 Å². The van der Waals surface area contributed by atoms with Crippen molar-refractivity contribution >= 4 is 32.8 Å². The fourth-order valence-electron chi connectivity index (χ4n) is 1.79. The molecule has 1 aromatic heterocycles. The maximum Gasteiger partial charge on any atom is 0.287 e. The van der Waals surface area contributed by atoms with Crippen molar-refractivity contribution in [2.75, 3.05) is 33.4 Å². The maximum atomic E-state index is 11.9. The van der Waals surface area contributed by atoms with Crippen LogP contribution in [0, 0.1) is 0 Å². The van der Waals surface area contributed by atoms with Gasteiger partial charge in [0, 0.05) is 32.1 Å². The van der Waals surface area contributed by atoms with Crippen LogP contribution in [0.1, 0.15) is 10.6 Å². The standard InChI is InChI=1S/C14H17BrN2O3/c1-19-8-7-16-5-6-17-14(18)12-9-10-3-2-4-11(15)13(10)20-12/h2-4,9,16H,5-8H2,1H3,(H,17,18). The van der Waals surface area contributed by atoms with Crippen molar-refractivity contribution in [3.8, 4) is 0 Å². The molecule has 1 aromatic carbocycles. The number of hydrogen-bond acceptors (Lipinski definition) is 4. The summed E-state index contributed by atoms with van der Waals surface area (Å²) >= 11 is 3.40. The first-order valence-corrected chi connectivity index (χ1v) is 7.17. The van der Waals surface area contributed by atoms with Crippen LogP contribution in [-0.2, 0) is 4.74 Å². The summed E-state index contributed by atoms with van der Waals surface area (Å²) in [5.41, 5.74) is 0.691. The fourth-order valence-corrected chi connectivity index (χ4v) is 2.25. The normalized spacial score (nSPS) is 10.9. The van der Waals surface area contributed by atoms with Gasteiger partial charge in [-0.3, -0.25) is 4.79 Å². The van der Waals surface area contributed by atoms with E-state index in [4.69, 9.17) is 9.15 Å². The van der Waals surface area contributed by atoms with Gasteiger partial charge in [0.1, 0.15) is 5.58 Å². The van der Waals surface area contributed by atoms with E-state index in [1.54, 1.807) is 13.2 Å². The number of hydrogen-bond donors (Lipinski definition) is 2. The molecule has 0 aliphatic rings. The first-order valence-electron chi connectivity index (χ1n) is 6.38. The van der Waals surface area contributed by atoms with E-state index < -0.39 is 0 Å². The molecule has 0 radical (unpaired) electrons. The Morgan fingerprint density at radius 1 is 1.35 bits per heavy atom. The first-order chi connectivity index (χ1) is 9.72. The van der Waals surface area contributed by atoms with Crippen LogP contribution in [0.15, 0.2) is 33.2 Å². The minimum absolute atomic E-state index is 0.207. The predicted octanol–water partition coefficient (Wildman–Crippen LogP) is 2.16. The summed E-state index contributed by atoms with van der Waals surface area (Å²) < 4.78 is 11.3. The molecule has 2 rings (SSSR count). The minimum atomic E-state index is -0.207. The number of para-hydroxylation sites is 1. The highest BCUT2D eigenvalue weighted by Gasteiger charge is 2.12. The molecule has 108 valence electrons. The second-order valence-electron chi connectivity index (χ2n) is 4.27. The summed E-state index contributed by atoms with van der Waals surface area (Å²) in [5, 5.41) is 6.86. The largest absolute Gasteiger partial charge is 0.450 e. The van der Waals surface area contributed by atoms with E-state index in [-0.39, 0.29) is 5.91 Å². The highest BCUT2D eigenvalue weighted by atomic mass is 79.9. The van der Waals surface area contributed by atoms with E-state index in [9.17, 15) is 4.79 Å². The summed E-state index contributed by atoms with van der Waals surface area (Å²) in [4.78, 5) is 11.9. The summed E-state index contributed by atoms with van der Waals surface area (Å²) in [7, 11) is 1.66. The number of ether oxygens (including phenoxy) is 1. The zero-order valence-electron chi connectivity index (χ0n) is 11.2. The van der Waals surface area contributed by atoms with Crippen LogP contribution in [0.5, 0.6) is 0 Å². The van der Waals surface area contributed by atoms with Crippen LogP contribution >= 0.6 is 15.9 Å². The highest BCUT2D eigenvalue weighted by molar-refractivity contribution is 9.10. The van der Waals surface area contributed by atoms with Crippen LogP contribution in [0.3, 0.4) is 0 Å². The number of rotatable bonds is 7. The molecule has 20 heavy (non-hydrogen) atoms. The number of halogens is 1. The van der Waals surface area contributed by atoms with Crippen molar-refractivity contribution in [3.63, 3.8) is 0 Å². The van der Waals surface area contributed by atoms with Gasteiger partial charge in [0.15, 0.2) is 5.76 Å². The van der Waals surface area contributed by atoms with Crippen molar-refractivity contribution in [1.82, 2.24) is 10.6 Å². The number of nitrogens with one attached hydrogen (secondary N) is 2. The zero-order valence-corrected chi connectivity index (χ0v) is 12.8. The Labute approximate surface area is 125 Å². The molecule has 0 spiro atoms. The summed E-state index contributed by atoms with van der Waals surface area (Å²) in [5.74, 6) is 0.116. The lowest BCUT2D eigenvalue weighted by atomic mass is 10.2. The SMILES string of the molecule is COCCNCCNC(=O)c1cc2cccc(Br)c2o1. The van der Waals surface area contributed by atoms with Gasteiger partial charge in [-0.05, 0) is 28.1 Å². The van der Waals surface area contributed by atoms with E-state index in [2.05, 4.69) is 26.6 Å². The molecule has 0 saturated carbocycles. The minimum Gasteiger partial charge on any atom is -0.450 e. The number of amides is 1. The van der Waals surface area contributed by atoms with Crippen molar-refractivity contribution in [2.24, 2.45) is 0 Å². The molecule has 1 amide bonds. The predicted molar refractivity (Wildman–Crippen MR) is 81.0 cm³/mol. The Morgan fingerprint density at radius 3 is 2.95 bits per heavy atom. The number of furan rings is 1. The molecule has 6 heteroatoms. The molecular formula is C14H17BrN2O3. The lowest BCUT2D eigenvalue weighted by Gasteiger charge is -2.04. The maximum absolute atomic E-state index is 11.9. The average Bonchev–Trinajstić information content (AvgIpc) is 2.88. The number of carbonyl (C=O) groups excluding carboxylic acids is 1. The van der Waals surface area contributed by atoms with Gasteiger partial charge >= 0.3 is 0 Å². The van der Waals surface area contributed by atoms with Gasteiger partial charge in [0.25, 0.3) is 5.91 Å². The molecule has 2 N–H and O–H groups in total. The van der Waals surface area contributed by atoms with Crippen molar-refractivity contribution in [1.29, 1.82) is 0 Å². The first kappa shape index (κ1) is 15.0. The van der Waals surface area contributed by atoms with Crippen LogP contribution < -0.4 is 10.6 Å². The molecule has 0 aliphatic heterocycles. The van der Waals surface area contributed by atoms with Gasteiger partial charge in [-0.1, -0.05) is 12.1 Å². The number of fused-ring (bicyclic) bond motifs is 1. The van der Waals surface area contributed by atoms with Crippen LogP contribution in [0.2, 0.25) is 0 Å². The number of carbonyl (C=O) groups is 1. The van der Waals surface area contributed by atoms with Gasteiger partial charge in [0.2, 0.25) is 0 Å². The molecule has 5 nitrogen and oxygen atoms in total. The Kier molecular flexibility index (Phi) is 5.58. The summed E-state index contributed by atoms with van der Waals surface area (Å²) in [6.45, 7) is 2.66. The Bertz CT molecular complexity index is 583. The van der Waals surface area contributed by atoms with E-state index >= 15 is 0 Å². The van der Waals surface area contributed by atoms with Gasteiger partial charge < -0.3 is 19.8 Å². The average molecular weight is 341 g/mol. The Hall–Kier alpha value is -1.37. The second kappa shape index (κ2) is 7.42. The van der Waals surface area contributed by atoms with Gasteiger partial charge in [-0.2, -0.15) is 0 Å². The molecule has 0 bridgehead atoms. The van der Waals surface area contributed by atoms with Crippen molar-refractivity contribution in [2.45, 2.75) is 0 Å².